The SMILES string of the molecule is CCc1cccc2sc(N3CCN(C(=O)c4ccc(S(=O)(=O)N5CCC(C)CC5)cc4)CC3)nc12. The summed E-state index contributed by atoms with van der Waals surface area (Å²) in [7, 11) is -3.51. The maximum atomic E-state index is 13.1. The van der Waals surface area contributed by atoms with Crippen LogP contribution in [0.25, 0.3) is 10.2 Å². The molecular weight excluding hydrogens is 480 g/mol. The van der Waals surface area contributed by atoms with Gasteiger partial charge in [0.1, 0.15) is 0 Å². The van der Waals surface area contributed by atoms with E-state index in [9.17, 15) is 13.2 Å². The summed E-state index contributed by atoms with van der Waals surface area (Å²) in [5, 5.41) is 1.01. The highest BCUT2D eigenvalue weighted by atomic mass is 32.2. The normalized spacial score (nSPS) is 18.3. The van der Waals surface area contributed by atoms with Gasteiger partial charge in [-0.25, -0.2) is 13.4 Å². The van der Waals surface area contributed by atoms with Crippen molar-refractivity contribution in [1.29, 1.82) is 0 Å². The van der Waals surface area contributed by atoms with Gasteiger partial charge in [-0.05, 0) is 61.1 Å². The van der Waals surface area contributed by atoms with Crippen LogP contribution >= 0.6 is 11.3 Å². The topological polar surface area (TPSA) is 73.8 Å². The quantitative estimate of drug-likeness (QED) is 0.511. The number of carbonyl (C=O) groups excluding carboxylic acids is 1. The molecule has 0 bridgehead atoms. The molecular formula is C26H32N4O3S2. The van der Waals surface area contributed by atoms with Crippen molar-refractivity contribution in [2.24, 2.45) is 5.92 Å². The summed E-state index contributed by atoms with van der Waals surface area (Å²) in [6.07, 6.45) is 2.73. The van der Waals surface area contributed by atoms with E-state index in [-0.39, 0.29) is 10.8 Å². The van der Waals surface area contributed by atoms with Gasteiger partial charge in [-0.1, -0.05) is 37.3 Å². The van der Waals surface area contributed by atoms with Crippen molar-refractivity contribution in [1.82, 2.24) is 14.2 Å². The Morgan fingerprint density at radius 1 is 1.00 bits per heavy atom. The van der Waals surface area contributed by atoms with E-state index in [0.717, 1.165) is 43.0 Å². The van der Waals surface area contributed by atoms with E-state index < -0.39 is 10.0 Å². The molecule has 3 aromatic rings. The molecule has 0 spiro atoms. The summed E-state index contributed by atoms with van der Waals surface area (Å²) in [4.78, 5) is 22.3. The molecule has 5 rings (SSSR count). The number of amides is 1. The minimum Gasteiger partial charge on any atom is -0.345 e. The number of piperazine rings is 1. The van der Waals surface area contributed by atoms with Crippen molar-refractivity contribution in [3.63, 3.8) is 0 Å². The van der Waals surface area contributed by atoms with E-state index >= 15 is 0 Å². The van der Waals surface area contributed by atoms with Gasteiger partial charge in [-0.2, -0.15) is 4.31 Å². The molecule has 3 heterocycles. The van der Waals surface area contributed by atoms with Crippen LogP contribution in [0.2, 0.25) is 0 Å². The highest BCUT2D eigenvalue weighted by Crippen LogP contribution is 2.31. The van der Waals surface area contributed by atoms with Crippen LogP contribution in [0.15, 0.2) is 47.4 Å². The van der Waals surface area contributed by atoms with E-state index in [1.807, 2.05) is 4.90 Å². The predicted octanol–water partition coefficient (Wildman–Crippen LogP) is 4.24. The summed E-state index contributed by atoms with van der Waals surface area (Å²) in [6.45, 7) is 8.11. The second-order valence-corrected chi connectivity index (χ2v) is 12.5. The molecule has 2 fully saturated rings. The van der Waals surface area contributed by atoms with Crippen molar-refractivity contribution in [2.75, 3.05) is 44.2 Å². The fraction of sp³-hybridized carbons (Fsp3) is 0.462. The van der Waals surface area contributed by atoms with Gasteiger partial charge in [-0.15, -0.1) is 0 Å². The highest BCUT2D eigenvalue weighted by molar-refractivity contribution is 7.89. The van der Waals surface area contributed by atoms with E-state index in [0.29, 0.717) is 37.7 Å². The number of thiazole rings is 1. The van der Waals surface area contributed by atoms with Gasteiger partial charge in [0.2, 0.25) is 10.0 Å². The Morgan fingerprint density at radius 2 is 1.69 bits per heavy atom. The summed E-state index contributed by atoms with van der Waals surface area (Å²) in [6, 6.07) is 12.8. The number of carbonyl (C=O) groups is 1. The van der Waals surface area contributed by atoms with Crippen LogP contribution in [0.3, 0.4) is 0 Å². The summed E-state index contributed by atoms with van der Waals surface area (Å²) in [5.41, 5.74) is 2.87. The number of piperidine rings is 1. The number of rotatable bonds is 5. The maximum absolute atomic E-state index is 13.1. The fourth-order valence-corrected chi connectivity index (χ4v) is 7.38. The van der Waals surface area contributed by atoms with Crippen molar-refractivity contribution < 1.29 is 13.2 Å². The second-order valence-electron chi connectivity index (χ2n) is 9.50. The molecule has 0 aliphatic carbocycles. The molecule has 9 heteroatoms. The molecule has 7 nitrogen and oxygen atoms in total. The van der Waals surface area contributed by atoms with Crippen LogP contribution < -0.4 is 4.90 Å². The van der Waals surface area contributed by atoms with Gasteiger partial charge in [0.15, 0.2) is 5.13 Å². The molecule has 0 unspecified atom stereocenters. The third-order valence-corrected chi connectivity index (χ3v) is 10.2. The number of aryl methyl sites for hydroxylation is 1. The lowest BCUT2D eigenvalue weighted by Crippen LogP contribution is -2.48. The predicted molar refractivity (Wildman–Crippen MR) is 141 cm³/mol. The van der Waals surface area contributed by atoms with E-state index in [1.54, 1.807) is 39.9 Å². The number of sulfonamides is 1. The third-order valence-electron chi connectivity index (χ3n) is 7.19. The third kappa shape index (κ3) is 4.81. The zero-order chi connectivity index (χ0) is 24.6. The lowest BCUT2D eigenvalue weighted by molar-refractivity contribution is 0.0746. The van der Waals surface area contributed by atoms with Crippen LogP contribution in [0.4, 0.5) is 5.13 Å². The highest BCUT2D eigenvalue weighted by Gasteiger charge is 2.29. The van der Waals surface area contributed by atoms with Crippen LogP contribution in [0, 0.1) is 5.92 Å². The minimum absolute atomic E-state index is 0.0574. The van der Waals surface area contributed by atoms with Crippen molar-refractivity contribution in [2.45, 2.75) is 38.0 Å². The second kappa shape index (κ2) is 9.87. The Hall–Kier alpha value is -2.49. The Labute approximate surface area is 211 Å². The molecule has 186 valence electrons. The fourth-order valence-electron chi connectivity index (χ4n) is 4.84. The molecule has 0 saturated carbocycles. The number of para-hydroxylation sites is 1. The summed E-state index contributed by atoms with van der Waals surface area (Å²) >= 11 is 1.71. The monoisotopic (exact) mass is 512 g/mol. The molecule has 35 heavy (non-hydrogen) atoms. The smallest absolute Gasteiger partial charge is 0.253 e. The average Bonchev–Trinajstić information content (AvgIpc) is 3.33. The number of hydrogen-bond acceptors (Lipinski definition) is 6. The van der Waals surface area contributed by atoms with E-state index in [4.69, 9.17) is 4.98 Å². The van der Waals surface area contributed by atoms with Gasteiger partial charge in [0, 0.05) is 44.8 Å². The van der Waals surface area contributed by atoms with Crippen LogP contribution in [-0.2, 0) is 16.4 Å². The van der Waals surface area contributed by atoms with Gasteiger partial charge < -0.3 is 9.80 Å². The number of fused-ring (bicyclic) bond motifs is 1. The molecule has 2 saturated heterocycles. The molecule has 1 aromatic heterocycles. The first kappa shape index (κ1) is 24.2. The number of anilines is 1. The van der Waals surface area contributed by atoms with Crippen molar-refractivity contribution >= 4 is 42.6 Å². The van der Waals surface area contributed by atoms with Gasteiger partial charge in [0.05, 0.1) is 15.1 Å². The molecule has 2 aromatic carbocycles. The van der Waals surface area contributed by atoms with Crippen molar-refractivity contribution in [3.8, 4) is 0 Å². The standard InChI is InChI=1S/C26H32N4O3S2/c1-3-20-5-4-6-23-24(20)27-26(34-23)29-17-15-28(16-18-29)25(31)21-7-9-22(10-8-21)35(32,33)30-13-11-19(2)12-14-30/h4-10,19H,3,11-18H2,1-2H3. The van der Waals surface area contributed by atoms with Crippen LogP contribution in [0.1, 0.15) is 42.6 Å². The number of benzene rings is 2. The molecule has 0 radical (unpaired) electrons. The van der Waals surface area contributed by atoms with Gasteiger partial charge in [0.25, 0.3) is 5.91 Å². The van der Waals surface area contributed by atoms with Crippen molar-refractivity contribution in [3.05, 3.63) is 53.6 Å². The molecule has 2 aliphatic heterocycles. The van der Waals surface area contributed by atoms with Gasteiger partial charge >= 0.3 is 0 Å². The number of nitrogens with zero attached hydrogens (tertiary/aromatic N) is 4. The lowest BCUT2D eigenvalue weighted by Gasteiger charge is -2.34. The first-order valence-electron chi connectivity index (χ1n) is 12.4. The zero-order valence-corrected chi connectivity index (χ0v) is 21.9. The van der Waals surface area contributed by atoms with Crippen LogP contribution in [0.5, 0.6) is 0 Å². The van der Waals surface area contributed by atoms with E-state index in [1.165, 1.54) is 10.3 Å². The largest absolute Gasteiger partial charge is 0.345 e. The lowest BCUT2D eigenvalue weighted by atomic mass is 10.0. The first-order chi connectivity index (χ1) is 16.9. The minimum atomic E-state index is -3.51. The number of hydrogen-bond donors (Lipinski definition) is 0. The maximum Gasteiger partial charge on any atom is 0.253 e. The molecule has 2 aliphatic rings. The summed E-state index contributed by atoms with van der Waals surface area (Å²) < 4.78 is 28.7. The average molecular weight is 513 g/mol. The Bertz CT molecular complexity index is 1300. The first-order valence-corrected chi connectivity index (χ1v) is 14.7. The molecule has 0 atom stereocenters. The Kier molecular flexibility index (Phi) is 6.83. The van der Waals surface area contributed by atoms with Crippen LogP contribution in [-0.4, -0.2) is 67.8 Å². The Balaban J connectivity index is 1.23. The zero-order valence-electron chi connectivity index (χ0n) is 20.3. The summed E-state index contributed by atoms with van der Waals surface area (Å²) in [5.74, 6) is 0.503. The molecule has 0 N–H and O–H groups in total. The number of aromatic nitrogens is 1. The Morgan fingerprint density at radius 3 is 2.34 bits per heavy atom. The van der Waals surface area contributed by atoms with Gasteiger partial charge in [-0.3, -0.25) is 4.79 Å². The molecule has 1 amide bonds. The van der Waals surface area contributed by atoms with E-state index in [2.05, 4.69) is 36.9 Å².